The lowest BCUT2D eigenvalue weighted by Gasteiger charge is -2.20. The molecule has 0 spiro atoms. The molecule has 1 saturated heterocycles. The number of nitrogens with zero attached hydrogens (tertiary/aromatic N) is 4. The molecule has 25 heavy (non-hydrogen) atoms. The number of hydrogen-bond donors (Lipinski definition) is 2. The summed E-state index contributed by atoms with van der Waals surface area (Å²) in [5.74, 6) is 2.97. The van der Waals surface area contributed by atoms with Crippen molar-refractivity contribution in [3.63, 3.8) is 0 Å². The minimum absolute atomic E-state index is 0.0473. The van der Waals surface area contributed by atoms with Gasteiger partial charge in [0.1, 0.15) is 11.6 Å². The molecule has 7 nitrogen and oxygen atoms in total. The Bertz CT molecular complexity index is 594. The summed E-state index contributed by atoms with van der Waals surface area (Å²) in [5, 5.41) is 14.5. The van der Waals surface area contributed by atoms with Gasteiger partial charge in [0.15, 0.2) is 0 Å². The van der Waals surface area contributed by atoms with Crippen LogP contribution < -0.4 is 10.6 Å². The van der Waals surface area contributed by atoms with Crippen molar-refractivity contribution in [1.29, 1.82) is 0 Å². The molecule has 2 fully saturated rings. The van der Waals surface area contributed by atoms with Gasteiger partial charge in [-0.3, -0.25) is 0 Å². The number of aryl methyl sites for hydroxylation is 1. The average Bonchev–Trinajstić information content (AvgIpc) is 3.34. The summed E-state index contributed by atoms with van der Waals surface area (Å²) in [7, 11) is 0. The lowest BCUT2D eigenvalue weighted by Crippen LogP contribution is -2.44. The Kier molecular flexibility index (Phi) is 5.20. The number of urea groups is 1. The molecule has 138 valence electrons. The van der Waals surface area contributed by atoms with Crippen LogP contribution in [0.5, 0.6) is 0 Å². The normalized spacial score (nSPS) is 23.9. The summed E-state index contributed by atoms with van der Waals surface area (Å²) in [6.07, 6.45) is 9.58. The minimum atomic E-state index is -0.0473. The van der Waals surface area contributed by atoms with E-state index in [0.717, 1.165) is 62.9 Å². The highest BCUT2D eigenvalue weighted by Crippen LogP contribution is 2.26. The van der Waals surface area contributed by atoms with E-state index in [4.69, 9.17) is 0 Å². The maximum Gasteiger partial charge on any atom is 0.315 e. The van der Waals surface area contributed by atoms with Crippen molar-refractivity contribution < 1.29 is 4.79 Å². The maximum absolute atomic E-state index is 12.1. The highest BCUT2D eigenvalue weighted by atomic mass is 16.2. The number of aromatic nitrogens is 3. The molecule has 1 aromatic heterocycles. The second-order valence-corrected chi connectivity index (χ2v) is 7.83. The zero-order valence-corrected chi connectivity index (χ0v) is 15.0. The molecular weight excluding hydrogens is 316 g/mol. The number of likely N-dealkylation sites (tertiary alicyclic amines) is 1. The lowest BCUT2D eigenvalue weighted by molar-refractivity contribution is 0.234. The highest BCUT2D eigenvalue weighted by molar-refractivity contribution is 5.74. The first-order valence-corrected chi connectivity index (χ1v) is 9.95. The van der Waals surface area contributed by atoms with E-state index < -0.39 is 0 Å². The van der Waals surface area contributed by atoms with Crippen molar-refractivity contribution in [1.82, 2.24) is 30.3 Å². The number of hydrogen-bond acceptors (Lipinski definition) is 4. The lowest BCUT2D eigenvalue weighted by atomic mass is 10.1. The van der Waals surface area contributed by atoms with E-state index in [-0.39, 0.29) is 6.03 Å². The largest absolute Gasteiger partial charge is 0.338 e. The van der Waals surface area contributed by atoms with Crippen LogP contribution in [0.25, 0.3) is 0 Å². The predicted molar refractivity (Wildman–Crippen MR) is 95.4 cm³/mol. The van der Waals surface area contributed by atoms with Crippen LogP contribution in [0.2, 0.25) is 0 Å². The number of carbonyl (C=O) groups excluding carboxylic acids is 1. The summed E-state index contributed by atoms with van der Waals surface area (Å²) in [6.45, 7) is 4.97. The quantitative estimate of drug-likeness (QED) is 0.815. The van der Waals surface area contributed by atoms with Crippen LogP contribution in [-0.4, -0.2) is 57.9 Å². The molecular formula is C18H30N6O. The predicted octanol–water partition coefficient (Wildman–Crippen LogP) is 1.33. The molecule has 1 aliphatic carbocycles. The van der Waals surface area contributed by atoms with Crippen LogP contribution in [0.15, 0.2) is 0 Å². The first-order valence-electron chi connectivity index (χ1n) is 9.95. The second-order valence-electron chi connectivity index (χ2n) is 7.83. The van der Waals surface area contributed by atoms with E-state index in [0.29, 0.717) is 12.6 Å². The number of rotatable bonds is 6. The first kappa shape index (κ1) is 16.8. The van der Waals surface area contributed by atoms with Gasteiger partial charge in [-0.15, -0.1) is 10.2 Å². The summed E-state index contributed by atoms with van der Waals surface area (Å²) < 4.78 is 2.19. The van der Waals surface area contributed by atoms with Crippen molar-refractivity contribution in [3.05, 3.63) is 11.6 Å². The van der Waals surface area contributed by atoms with Crippen molar-refractivity contribution in [3.8, 4) is 0 Å². The number of carbonyl (C=O) groups is 1. The SMILES string of the molecule is O=C(NCCc1nnc2n1CCC2)N[C@H]1CCN(CC2CCCC2)C1. The molecule has 1 saturated carbocycles. The van der Waals surface area contributed by atoms with Crippen LogP contribution >= 0.6 is 0 Å². The third-order valence-electron chi connectivity index (χ3n) is 5.92. The van der Waals surface area contributed by atoms with E-state index in [2.05, 4.69) is 30.3 Å². The Morgan fingerprint density at radius 3 is 2.88 bits per heavy atom. The van der Waals surface area contributed by atoms with Crippen LogP contribution in [0.3, 0.4) is 0 Å². The fraction of sp³-hybridized carbons (Fsp3) is 0.833. The number of amides is 2. The van der Waals surface area contributed by atoms with Gasteiger partial charge in [0.05, 0.1) is 0 Å². The van der Waals surface area contributed by atoms with Gasteiger partial charge in [-0.1, -0.05) is 12.8 Å². The monoisotopic (exact) mass is 346 g/mol. The molecule has 0 bridgehead atoms. The third kappa shape index (κ3) is 4.14. The van der Waals surface area contributed by atoms with Gasteiger partial charge in [0.2, 0.25) is 0 Å². The summed E-state index contributed by atoms with van der Waals surface area (Å²) >= 11 is 0. The molecule has 3 aliphatic rings. The average molecular weight is 346 g/mol. The van der Waals surface area contributed by atoms with Crippen molar-refractivity contribution >= 4 is 6.03 Å². The topological polar surface area (TPSA) is 75.1 Å². The molecule has 2 amide bonds. The molecule has 1 atom stereocenters. The molecule has 4 rings (SSSR count). The maximum atomic E-state index is 12.1. The molecule has 2 N–H and O–H groups in total. The van der Waals surface area contributed by atoms with Crippen LogP contribution in [0, 0.1) is 5.92 Å². The van der Waals surface area contributed by atoms with Gasteiger partial charge >= 0.3 is 6.03 Å². The van der Waals surface area contributed by atoms with E-state index in [1.54, 1.807) is 0 Å². The zero-order chi connectivity index (χ0) is 17.1. The molecule has 2 aliphatic heterocycles. The van der Waals surface area contributed by atoms with E-state index >= 15 is 0 Å². The highest BCUT2D eigenvalue weighted by Gasteiger charge is 2.27. The molecule has 0 radical (unpaired) electrons. The molecule has 1 aromatic rings. The van der Waals surface area contributed by atoms with Gasteiger partial charge in [-0.25, -0.2) is 4.79 Å². The third-order valence-corrected chi connectivity index (χ3v) is 5.92. The van der Waals surface area contributed by atoms with Gasteiger partial charge in [0, 0.05) is 51.6 Å². The van der Waals surface area contributed by atoms with Gasteiger partial charge in [-0.05, 0) is 31.6 Å². The minimum Gasteiger partial charge on any atom is -0.338 e. The fourth-order valence-corrected chi connectivity index (χ4v) is 4.59. The summed E-state index contributed by atoms with van der Waals surface area (Å²) in [6, 6.07) is 0.243. The Labute approximate surface area is 149 Å². The van der Waals surface area contributed by atoms with E-state index in [1.165, 1.54) is 32.2 Å². The van der Waals surface area contributed by atoms with E-state index in [1.807, 2.05) is 0 Å². The Hall–Kier alpha value is -1.63. The Morgan fingerprint density at radius 1 is 1.12 bits per heavy atom. The van der Waals surface area contributed by atoms with Crippen molar-refractivity contribution in [2.45, 2.75) is 64.0 Å². The standard InChI is InChI=1S/C18H30N6O/c25-18(19-9-7-17-22-21-16-6-3-10-24(16)17)20-15-8-11-23(13-15)12-14-4-1-2-5-14/h14-15H,1-13H2,(H2,19,20,25)/t15-/m0/s1. The Balaban J connectivity index is 1.14. The summed E-state index contributed by atoms with van der Waals surface area (Å²) in [5.41, 5.74) is 0. The van der Waals surface area contributed by atoms with Crippen molar-refractivity contribution in [2.75, 3.05) is 26.2 Å². The molecule has 3 heterocycles. The van der Waals surface area contributed by atoms with Crippen LogP contribution in [-0.2, 0) is 19.4 Å². The van der Waals surface area contributed by atoms with E-state index in [9.17, 15) is 4.79 Å². The first-order chi connectivity index (χ1) is 12.3. The van der Waals surface area contributed by atoms with Gasteiger partial charge in [-0.2, -0.15) is 0 Å². The van der Waals surface area contributed by atoms with Crippen LogP contribution in [0.4, 0.5) is 4.79 Å². The number of fused-ring (bicyclic) bond motifs is 1. The fourth-order valence-electron chi connectivity index (χ4n) is 4.59. The molecule has 7 heteroatoms. The van der Waals surface area contributed by atoms with Crippen LogP contribution in [0.1, 0.15) is 50.2 Å². The molecule has 0 aromatic carbocycles. The van der Waals surface area contributed by atoms with Crippen molar-refractivity contribution in [2.24, 2.45) is 5.92 Å². The number of nitrogens with one attached hydrogen (secondary N) is 2. The van der Waals surface area contributed by atoms with Gasteiger partial charge < -0.3 is 20.1 Å². The summed E-state index contributed by atoms with van der Waals surface area (Å²) in [4.78, 5) is 14.7. The second kappa shape index (κ2) is 7.72. The zero-order valence-electron chi connectivity index (χ0n) is 15.0. The smallest absolute Gasteiger partial charge is 0.315 e. The Morgan fingerprint density at radius 2 is 2.00 bits per heavy atom. The molecule has 0 unspecified atom stereocenters. The van der Waals surface area contributed by atoms with Gasteiger partial charge in [0.25, 0.3) is 0 Å².